The lowest BCUT2D eigenvalue weighted by atomic mass is 10.2. The Labute approximate surface area is 90.6 Å². The molecule has 0 saturated carbocycles. The molecule has 0 aliphatic heterocycles. The molecular formula is C9H21IN2. The van der Waals surface area contributed by atoms with E-state index in [0.717, 1.165) is 0 Å². The van der Waals surface area contributed by atoms with Gasteiger partial charge in [-0.1, -0.05) is 13.8 Å². The molecular weight excluding hydrogens is 263 g/mol. The molecule has 1 atom stereocenters. The van der Waals surface area contributed by atoms with Crippen LogP contribution in [0.4, 0.5) is 0 Å². The molecule has 0 aromatic carbocycles. The van der Waals surface area contributed by atoms with Gasteiger partial charge in [-0.3, -0.25) is 3.53 Å². The molecule has 0 saturated heterocycles. The molecule has 0 aromatic rings. The van der Waals surface area contributed by atoms with Crippen LogP contribution in [-0.4, -0.2) is 30.6 Å². The zero-order valence-electron chi connectivity index (χ0n) is 8.44. The maximum atomic E-state index is 3.23. The van der Waals surface area contributed by atoms with Crippen molar-refractivity contribution in [2.45, 2.75) is 39.7 Å². The van der Waals surface area contributed by atoms with Crippen molar-refractivity contribution >= 4 is 22.9 Å². The van der Waals surface area contributed by atoms with Gasteiger partial charge >= 0.3 is 0 Å². The van der Waals surface area contributed by atoms with Crippen LogP contribution in [0.2, 0.25) is 0 Å². The fraction of sp³-hybridized carbons (Fsp3) is 1.00. The lowest BCUT2D eigenvalue weighted by molar-refractivity contribution is 0.293. The molecule has 0 radical (unpaired) electrons. The molecule has 0 aromatic heterocycles. The predicted molar refractivity (Wildman–Crippen MR) is 63.6 cm³/mol. The van der Waals surface area contributed by atoms with E-state index >= 15 is 0 Å². The van der Waals surface area contributed by atoms with Gasteiger partial charge in [0.25, 0.3) is 0 Å². The third kappa shape index (κ3) is 6.20. The molecule has 0 amide bonds. The van der Waals surface area contributed by atoms with Crippen LogP contribution in [0, 0.1) is 0 Å². The Morgan fingerprint density at radius 3 is 2.33 bits per heavy atom. The van der Waals surface area contributed by atoms with Gasteiger partial charge in [0.2, 0.25) is 0 Å². The molecule has 1 unspecified atom stereocenters. The highest BCUT2D eigenvalue weighted by atomic mass is 127. The van der Waals surface area contributed by atoms with Gasteiger partial charge in [0.1, 0.15) is 0 Å². The van der Waals surface area contributed by atoms with E-state index in [9.17, 15) is 0 Å². The smallest absolute Gasteiger partial charge is 0.0172 e. The summed E-state index contributed by atoms with van der Waals surface area (Å²) in [6, 6.07) is 0.654. The highest BCUT2D eigenvalue weighted by molar-refractivity contribution is 14.1. The van der Waals surface area contributed by atoms with Crippen molar-refractivity contribution in [2.75, 3.05) is 19.6 Å². The number of hydrogen-bond acceptors (Lipinski definition) is 2. The van der Waals surface area contributed by atoms with Gasteiger partial charge in [-0.25, -0.2) is 0 Å². The molecule has 0 bridgehead atoms. The molecule has 2 nitrogen and oxygen atoms in total. The molecule has 0 heterocycles. The average Bonchev–Trinajstić information content (AvgIpc) is 2.12. The van der Waals surface area contributed by atoms with Gasteiger partial charge in [0, 0.05) is 28.9 Å². The van der Waals surface area contributed by atoms with Crippen molar-refractivity contribution in [3.63, 3.8) is 0 Å². The van der Waals surface area contributed by atoms with E-state index in [1.165, 1.54) is 32.5 Å². The van der Waals surface area contributed by atoms with Crippen molar-refractivity contribution in [1.82, 2.24) is 8.43 Å². The lowest BCUT2D eigenvalue weighted by Gasteiger charge is -2.18. The fourth-order valence-corrected chi connectivity index (χ4v) is 1.53. The third-order valence-corrected chi connectivity index (χ3v) is 3.26. The summed E-state index contributed by atoms with van der Waals surface area (Å²) in [5.74, 6) is 0. The van der Waals surface area contributed by atoms with Crippen LogP contribution in [-0.2, 0) is 0 Å². The standard InChI is InChI=1S/C9H21IN2/c1-4-12(5-2)8-6-7-9(3)11-10/h9,11H,4-8H2,1-3H3. The highest BCUT2D eigenvalue weighted by Gasteiger charge is 2.01. The van der Waals surface area contributed by atoms with E-state index in [1.807, 2.05) is 0 Å². The fourth-order valence-electron chi connectivity index (χ4n) is 1.22. The van der Waals surface area contributed by atoms with Crippen LogP contribution in [0.25, 0.3) is 0 Å². The first kappa shape index (κ1) is 12.7. The van der Waals surface area contributed by atoms with Crippen molar-refractivity contribution in [2.24, 2.45) is 0 Å². The summed E-state index contributed by atoms with van der Waals surface area (Å²) in [7, 11) is 0. The van der Waals surface area contributed by atoms with Gasteiger partial charge < -0.3 is 4.90 Å². The van der Waals surface area contributed by atoms with Gasteiger partial charge in [-0.05, 0) is 39.4 Å². The Hall–Kier alpha value is 0.650. The molecule has 1 N–H and O–H groups in total. The van der Waals surface area contributed by atoms with Crippen LogP contribution in [0.3, 0.4) is 0 Å². The van der Waals surface area contributed by atoms with Crippen LogP contribution in [0.1, 0.15) is 33.6 Å². The third-order valence-electron chi connectivity index (χ3n) is 2.19. The van der Waals surface area contributed by atoms with Crippen molar-refractivity contribution in [3.8, 4) is 0 Å². The maximum absolute atomic E-state index is 3.23. The average molecular weight is 284 g/mol. The molecule has 74 valence electrons. The Morgan fingerprint density at radius 1 is 1.33 bits per heavy atom. The molecule has 0 aliphatic rings. The summed E-state index contributed by atoms with van der Waals surface area (Å²) in [6.45, 7) is 10.3. The van der Waals surface area contributed by atoms with Gasteiger partial charge in [-0.15, -0.1) is 0 Å². The summed E-state index contributed by atoms with van der Waals surface area (Å²) in [4.78, 5) is 2.47. The minimum atomic E-state index is 0.654. The van der Waals surface area contributed by atoms with Crippen molar-refractivity contribution in [3.05, 3.63) is 0 Å². The lowest BCUT2D eigenvalue weighted by Crippen LogP contribution is -2.25. The first-order chi connectivity index (χ1) is 5.74. The number of hydrogen-bond donors (Lipinski definition) is 1. The number of halogens is 1. The predicted octanol–water partition coefficient (Wildman–Crippen LogP) is 2.44. The molecule has 0 rings (SSSR count). The zero-order chi connectivity index (χ0) is 9.40. The normalized spacial score (nSPS) is 13.8. The van der Waals surface area contributed by atoms with Gasteiger partial charge in [0.05, 0.1) is 0 Å². The molecule has 0 fully saturated rings. The largest absolute Gasteiger partial charge is 0.304 e. The molecule has 12 heavy (non-hydrogen) atoms. The Bertz CT molecular complexity index is 94.5. The first-order valence-corrected chi connectivity index (χ1v) is 5.90. The van der Waals surface area contributed by atoms with E-state index in [1.54, 1.807) is 0 Å². The van der Waals surface area contributed by atoms with E-state index in [2.05, 4.69) is 52.1 Å². The van der Waals surface area contributed by atoms with E-state index in [-0.39, 0.29) is 0 Å². The Balaban J connectivity index is 3.28. The van der Waals surface area contributed by atoms with Crippen molar-refractivity contribution < 1.29 is 0 Å². The summed E-state index contributed by atoms with van der Waals surface area (Å²) in [5.41, 5.74) is 0. The Morgan fingerprint density at radius 2 is 1.92 bits per heavy atom. The molecule has 3 heteroatoms. The number of rotatable bonds is 7. The van der Waals surface area contributed by atoms with E-state index < -0.39 is 0 Å². The second-order valence-corrected chi connectivity index (χ2v) is 3.80. The second kappa shape index (κ2) is 8.26. The highest BCUT2D eigenvalue weighted by Crippen LogP contribution is 2.00. The second-order valence-electron chi connectivity index (χ2n) is 3.18. The summed E-state index contributed by atoms with van der Waals surface area (Å²) < 4.78 is 3.23. The topological polar surface area (TPSA) is 15.3 Å². The van der Waals surface area contributed by atoms with E-state index in [0.29, 0.717) is 6.04 Å². The summed E-state index contributed by atoms with van der Waals surface area (Å²) in [5, 5.41) is 0. The van der Waals surface area contributed by atoms with Crippen LogP contribution in [0.15, 0.2) is 0 Å². The minimum absolute atomic E-state index is 0.654. The van der Waals surface area contributed by atoms with Crippen LogP contribution >= 0.6 is 22.9 Å². The number of nitrogens with zero attached hydrogens (tertiary/aromatic N) is 1. The quantitative estimate of drug-likeness (QED) is 0.570. The van der Waals surface area contributed by atoms with Crippen LogP contribution in [0.5, 0.6) is 0 Å². The Kier molecular flexibility index (Phi) is 8.70. The maximum Gasteiger partial charge on any atom is 0.0172 e. The SMILES string of the molecule is CCN(CC)CCCC(C)NI. The van der Waals surface area contributed by atoms with Gasteiger partial charge in [-0.2, -0.15) is 0 Å². The number of nitrogens with one attached hydrogen (secondary N) is 1. The van der Waals surface area contributed by atoms with Gasteiger partial charge in [0.15, 0.2) is 0 Å². The monoisotopic (exact) mass is 284 g/mol. The summed E-state index contributed by atoms with van der Waals surface area (Å²) in [6.07, 6.45) is 2.58. The molecule has 0 aliphatic carbocycles. The van der Waals surface area contributed by atoms with E-state index in [4.69, 9.17) is 0 Å². The summed E-state index contributed by atoms with van der Waals surface area (Å²) >= 11 is 2.23. The van der Waals surface area contributed by atoms with Crippen LogP contribution < -0.4 is 3.53 Å². The zero-order valence-corrected chi connectivity index (χ0v) is 10.6. The first-order valence-electron chi connectivity index (χ1n) is 4.83. The van der Waals surface area contributed by atoms with Crippen molar-refractivity contribution in [1.29, 1.82) is 0 Å². The molecule has 0 spiro atoms. The minimum Gasteiger partial charge on any atom is -0.304 e.